The number of anilines is 1. The molecule has 0 aliphatic heterocycles. The number of nitrogens with zero attached hydrogens (tertiary/aromatic N) is 2. The Balaban J connectivity index is 2.02. The van der Waals surface area contributed by atoms with E-state index in [0.29, 0.717) is 6.54 Å². The smallest absolute Gasteiger partial charge is 0.358 e. The van der Waals surface area contributed by atoms with Gasteiger partial charge in [-0.15, -0.1) is 0 Å². The monoisotopic (exact) mass is 342 g/mol. The van der Waals surface area contributed by atoms with Crippen molar-refractivity contribution in [2.24, 2.45) is 0 Å². The van der Waals surface area contributed by atoms with Crippen LogP contribution in [-0.4, -0.2) is 14.9 Å². The highest BCUT2D eigenvalue weighted by Crippen LogP contribution is 2.34. The maximum atomic E-state index is 12.9. The van der Waals surface area contributed by atoms with Crippen molar-refractivity contribution >= 4 is 23.0 Å². The van der Waals surface area contributed by atoms with Crippen LogP contribution in [0.15, 0.2) is 30.5 Å². The largest absolute Gasteiger partial charge is 0.418 e. The summed E-state index contributed by atoms with van der Waals surface area (Å²) in [6, 6.07) is 5.22. The summed E-state index contributed by atoms with van der Waals surface area (Å²) in [5, 5.41) is 9.84. The normalized spacial score (nSPS) is 11.3. The van der Waals surface area contributed by atoms with Crippen LogP contribution in [0.2, 0.25) is 0 Å². The number of nitrogens with one attached hydrogen (secondary N) is 2. The molecule has 0 spiro atoms. The van der Waals surface area contributed by atoms with Crippen LogP contribution in [0.5, 0.6) is 0 Å². The van der Waals surface area contributed by atoms with Gasteiger partial charge < -0.3 is 10.6 Å². The van der Waals surface area contributed by atoms with Gasteiger partial charge in [-0.2, -0.15) is 18.3 Å². The van der Waals surface area contributed by atoms with E-state index in [-0.39, 0.29) is 10.8 Å². The minimum atomic E-state index is -4.43. The number of benzene rings is 1. The van der Waals surface area contributed by atoms with Gasteiger partial charge in [-0.05, 0) is 38.2 Å². The first-order valence-electron chi connectivity index (χ1n) is 7.05. The fraction of sp³-hybridized carbons (Fsp3) is 0.333. The van der Waals surface area contributed by atoms with Crippen molar-refractivity contribution in [1.82, 2.24) is 15.1 Å². The molecular weight excluding hydrogens is 325 g/mol. The summed E-state index contributed by atoms with van der Waals surface area (Å²) in [5.41, 5.74) is 1.12. The molecule has 1 aromatic heterocycles. The lowest BCUT2D eigenvalue weighted by molar-refractivity contribution is -0.136. The Morgan fingerprint density at radius 1 is 1.30 bits per heavy atom. The molecule has 0 fully saturated rings. The standard InChI is InChI=1S/C15H17F3N4S/c1-3-22-10(2)11(9-20-22)8-19-14(23)21-13-7-5-4-6-12(13)15(16,17)18/h4-7,9H,3,8H2,1-2H3,(H2,19,21,23). The van der Waals surface area contributed by atoms with Crippen molar-refractivity contribution in [3.8, 4) is 0 Å². The molecule has 0 saturated heterocycles. The molecule has 0 unspecified atom stereocenters. The van der Waals surface area contributed by atoms with Crippen LogP contribution in [0.3, 0.4) is 0 Å². The van der Waals surface area contributed by atoms with E-state index in [2.05, 4.69) is 15.7 Å². The van der Waals surface area contributed by atoms with E-state index in [4.69, 9.17) is 12.2 Å². The molecular formula is C15H17F3N4S. The molecule has 124 valence electrons. The third kappa shape index (κ3) is 4.22. The number of thiocarbonyl (C=S) groups is 1. The Morgan fingerprint density at radius 2 is 2.00 bits per heavy atom. The first-order chi connectivity index (χ1) is 10.8. The van der Waals surface area contributed by atoms with Crippen molar-refractivity contribution in [3.05, 3.63) is 47.3 Å². The highest BCUT2D eigenvalue weighted by molar-refractivity contribution is 7.80. The van der Waals surface area contributed by atoms with E-state index in [1.165, 1.54) is 18.2 Å². The molecule has 0 amide bonds. The van der Waals surface area contributed by atoms with Crippen molar-refractivity contribution < 1.29 is 13.2 Å². The van der Waals surface area contributed by atoms with Crippen LogP contribution < -0.4 is 10.6 Å². The molecule has 2 N–H and O–H groups in total. The summed E-state index contributed by atoms with van der Waals surface area (Å²) in [6.07, 6.45) is -2.71. The van der Waals surface area contributed by atoms with E-state index in [1.807, 2.05) is 18.5 Å². The quantitative estimate of drug-likeness (QED) is 0.831. The highest BCUT2D eigenvalue weighted by Gasteiger charge is 2.33. The number of hydrogen-bond acceptors (Lipinski definition) is 2. The van der Waals surface area contributed by atoms with Crippen LogP contribution >= 0.6 is 12.2 Å². The lowest BCUT2D eigenvalue weighted by Gasteiger charge is -2.15. The zero-order valence-corrected chi connectivity index (χ0v) is 13.6. The summed E-state index contributed by atoms with van der Waals surface area (Å²) in [6.45, 7) is 5.07. The summed E-state index contributed by atoms with van der Waals surface area (Å²) < 4.78 is 40.6. The Hall–Kier alpha value is -2.09. The van der Waals surface area contributed by atoms with Gasteiger partial charge >= 0.3 is 6.18 Å². The fourth-order valence-electron chi connectivity index (χ4n) is 2.16. The van der Waals surface area contributed by atoms with Crippen LogP contribution in [-0.2, 0) is 19.3 Å². The first kappa shape index (κ1) is 17.3. The maximum Gasteiger partial charge on any atom is 0.418 e. The second-order valence-corrected chi connectivity index (χ2v) is 5.33. The van der Waals surface area contributed by atoms with E-state index in [1.54, 1.807) is 6.20 Å². The summed E-state index contributed by atoms with van der Waals surface area (Å²) >= 11 is 5.08. The first-order valence-corrected chi connectivity index (χ1v) is 7.46. The number of rotatable bonds is 4. The van der Waals surface area contributed by atoms with E-state index in [9.17, 15) is 13.2 Å². The van der Waals surface area contributed by atoms with Gasteiger partial charge in [0.2, 0.25) is 0 Å². The van der Waals surface area contributed by atoms with Crippen LogP contribution in [0.4, 0.5) is 18.9 Å². The fourth-order valence-corrected chi connectivity index (χ4v) is 2.34. The number of hydrogen-bond donors (Lipinski definition) is 2. The SMILES string of the molecule is CCn1ncc(CNC(=S)Nc2ccccc2C(F)(F)F)c1C. The van der Waals surface area contributed by atoms with E-state index in [0.717, 1.165) is 23.9 Å². The third-order valence-electron chi connectivity index (χ3n) is 3.42. The summed E-state index contributed by atoms with van der Waals surface area (Å²) in [7, 11) is 0. The van der Waals surface area contributed by atoms with Gasteiger partial charge in [-0.3, -0.25) is 4.68 Å². The molecule has 0 saturated carbocycles. The minimum absolute atomic E-state index is 0.0709. The average Bonchev–Trinajstić information content (AvgIpc) is 2.85. The molecule has 1 aromatic carbocycles. The topological polar surface area (TPSA) is 41.9 Å². The zero-order chi connectivity index (χ0) is 17.0. The number of alkyl halides is 3. The average molecular weight is 342 g/mol. The number of aryl methyl sites for hydroxylation is 1. The molecule has 0 atom stereocenters. The molecule has 2 rings (SSSR count). The summed E-state index contributed by atoms with van der Waals surface area (Å²) in [5.74, 6) is 0. The van der Waals surface area contributed by atoms with Gasteiger partial charge in [0, 0.05) is 24.3 Å². The molecule has 8 heteroatoms. The van der Waals surface area contributed by atoms with Gasteiger partial charge in [0.25, 0.3) is 0 Å². The Morgan fingerprint density at radius 3 is 2.61 bits per heavy atom. The number of para-hydroxylation sites is 1. The van der Waals surface area contributed by atoms with Gasteiger partial charge in [0.05, 0.1) is 17.4 Å². The number of aromatic nitrogens is 2. The van der Waals surface area contributed by atoms with Crippen molar-refractivity contribution in [2.75, 3.05) is 5.32 Å². The van der Waals surface area contributed by atoms with Gasteiger partial charge in [0.1, 0.15) is 0 Å². The predicted octanol–water partition coefficient (Wildman–Crippen LogP) is 3.72. The molecule has 1 heterocycles. The van der Waals surface area contributed by atoms with Crippen LogP contribution in [0, 0.1) is 6.92 Å². The molecule has 23 heavy (non-hydrogen) atoms. The Bertz CT molecular complexity index is 694. The second-order valence-electron chi connectivity index (χ2n) is 4.92. The lowest BCUT2D eigenvalue weighted by Crippen LogP contribution is -2.29. The molecule has 0 aliphatic rings. The highest BCUT2D eigenvalue weighted by atomic mass is 32.1. The maximum absolute atomic E-state index is 12.9. The molecule has 2 aromatic rings. The van der Waals surface area contributed by atoms with Crippen molar-refractivity contribution in [2.45, 2.75) is 33.1 Å². The molecule has 4 nitrogen and oxygen atoms in total. The third-order valence-corrected chi connectivity index (χ3v) is 3.67. The van der Waals surface area contributed by atoms with Gasteiger partial charge in [0.15, 0.2) is 5.11 Å². The van der Waals surface area contributed by atoms with E-state index >= 15 is 0 Å². The number of halogens is 3. The predicted molar refractivity (Wildman–Crippen MR) is 87.1 cm³/mol. The molecule has 0 aliphatic carbocycles. The Labute approximate surface area is 137 Å². The Kier molecular flexibility index (Phi) is 5.25. The van der Waals surface area contributed by atoms with Crippen molar-refractivity contribution in [3.63, 3.8) is 0 Å². The van der Waals surface area contributed by atoms with Crippen LogP contribution in [0.25, 0.3) is 0 Å². The zero-order valence-electron chi connectivity index (χ0n) is 12.7. The van der Waals surface area contributed by atoms with Crippen LogP contribution in [0.1, 0.15) is 23.7 Å². The van der Waals surface area contributed by atoms with Gasteiger partial charge in [-0.1, -0.05) is 12.1 Å². The van der Waals surface area contributed by atoms with Crippen molar-refractivity contribution in [1.29, 1.82) is 0 Å². The molecule has 0 bridgehead atoms. The summed E-state index contributed by atoms with van der Waals surface area (Å²) in [4.78, 5) is 0. The lowest BCUT2D eigenvalue weighted by atomic mass is 10.1. The van der Waals surface area contributed by atoms with Gasteiger partial charge in [-0.25, -0.2) is 0 Å². The molecule has 0 radical (unpaired) electrons. The minimum Gasteiger partial charge on any atom is -0.358 e. The van der Waals surface area contributed by atoms with E-state index < -0.39 is 11.7 Å². The second kappa shape index (κ2) is 6.99.